The zero-order valence-corrected chi connectivity index (χ0v) is 16.2. The number of ether oxygens (including phenoxy) is 1. The summed E-state index contributed by atoms with van der Waals surface area (Å²) in [5, 5.41) is 14.1. The predicted octanol–water partition coefficient (Wildman–Crippen LogP) is 3.64. The molecule has 0 amide bonds. The van der Waals surface area contributed by atoms with E-state index in [4.69, 9.17) is 10.5 Å². The quantitative estimate of drug-likeness (QED) is 0.722. The van der Waals surface area contributed by atoms with E-state index in [1.807, 2.05) is 55.6 Å². The average Bonchev–Trinajstić information content (AvgIpc) is 2.98. The highest BCUT2D eigenvalue weighted by molar-refractivity contribution is 5.67. The Morgan fingerprint density at radius 2 is 1.96 bits per heavy atom. The Morgan fingerprint density at radius 3 is 2.67 bits per heavy atom. The zero-order chi connectivity index (χ0) is 19.6. The van der Waals surface area contributed by atoms with Crippen LogP contribution in [0.5, 0.6) is 5.75 Å². The fourth-order valence-corrected chi connectivity index (χ4v) is 3.26. The lowest BCUT2D eigenvalue weighted by Gasteiger charge is -2.16. The van der Waals surface area contributed by atoms with E-state index >= 15 is 0 Å². The lowest BCUT2D eigenvalue weighted by Crippen LogP contribution is -2.21. The molecule has 3 rings (SSSR count). The van der Waals surface area contributed by atoms with Crippen LogP contribution in [0.15, 0.2) is 30.3 Å². The van der Waals surface area contributed by atoms with Gasteiger partial charge in [-0.1, -0.05) is 6.92 Å². The Hall–Kier alpha value is -2.91. The molecule has 2 heterocycles. The lowest BCUT2D eigenvalue weighted by molar-refractivity contribution is 0.246. The van der Waals surface area contributed by atoms with Gasteiger partial charge in [0.2, 0.25) is 0 Å². The van der Waals surface area contributed by atoms with Crippen molar-refractivity contribution < 1.29 is 4.74 Å². The van der Waals surface area contributed by atoms with E-state index in [0.717, 1.165) is 34.7 Å². The van der Waals surface area contributed by atoms with Crippen LogP contribution in [0, 0.1) is 31.1 Å². The third-order valence-corrected chi connectivity index (χ3v) is 4.37. The molecule has 27 heavy (non-hydrogen) atoms. The van der Waals surface area contributed by atoms with Crippen LogP contribution < -0.4 is 10.5 Å². The first-order valence-corrected chi connectivity index (χ1v) is 9.14. The van der Waals surface area contributed by atoms with Crippen LogP contribution in [-0.2, 0) is 0 Å². The molecule has 1 aromatic carbocycles. The van der Waals surface area contributed by atoms with Gasteiger partial charge in [0.1, 0.15) is 11.8 Å². The van der Waals surface area contributed by atoms with Crippen LogP contribution in [-0.4, -0.2) is 27.2 Å². The molecule has 3 aromatic rings. The Balaban J connectivity index is 1.92. The van der Waals surface area contributed by atoms with Crippen molar-refractivity contribution in [3.05, 3.63) is 47.3 Å². The molecule has 0 bridgehead atoms. The van der Waals surface area contributed by atoms with Gasteiger partial charge in [-0.2, -0.15) is 10.4 Å². The molecule has 6 heteroatoms. The molecule has 0 aliphatic carbocycles. The number of nitriles is 1. The second-order valence-electron chi connectivity index (χ2n) is 7.29. The molecule has 0 aliphatic rings. The van der Waals surface area contributed by atoms with Crippen molar-refractivity contribution in [2.75, 3.05) is 6.61 Å². The first-order valence-electron chi connectivity index (χ1n) is 9.14. The van der Waals surface area contributed by atoms with Gasteiger partial charge in [0.15, 0.2) is 5.65 Å². The molecule has 2 atom stereocenters. The van der Waals surface area contributed by atoms with E-state index in [1.54, 1.807) is 0 Å². The third-order valence-electron chi connectivity index (χ3n) is 4.37. The normalized spacial score (nSPS) is 13.3. The van der Waals surface area contributed by atoms with E-state index in [-0.39, 0.29) is 6.04 Å². The minimum absolute atomic E-state index is 0.135. The van der Waals surface area contributed by atoms with Crippen LogP contribution in [0.25, 0.3) is 16.9 Å². The summed E-state index contributed by atoms with van der Waals surface area (Å²) in [5.41, 5.74) is 10.8. The molecule has 0 fully saturated rings. The SMILES string of the molecule is Cc1cc(-c2ccc(OCC(C)CC(C)N)c(C#N)c2)n2nc(C)cc2n1. The molecular formula is C21H25N5O. The number of hydrogen-bond acceptors (Lipinski definition) is 5. The molecule has 2 aromatic heterocycles. The number of rotatable bonds is 6. The lowest BCUT2D eigenvalue weighted by atomic mass is 10.0. The average molecular weight is 363 g/mol. The fraction of sp³-hybridized carbons (Fsp3) is 0.381. The van der Waals surface area contributed by atoms with Crippen molar-refractivity contribution >= 4 is 5.65 Å². The minimum Gasteiger partial charge on any atom is -0.492 e. The highest BCUT2D eigenvalue weighted by Crippen LogP contribution is 2.28. The molecule has 2 unspecified atom stereocenters. The molecule has 0 saturated heterocycles. The summed E-state index contributed by atoms with van der Waals surface area (Å²) >= 11 is 0. The number of aryl methyl sites for hydroxylation is 2. The maximum Gasteiger partial charge on any atom is 0.156 e. The maximum absolute atomic E-state index is 9.59. The van der Waals surface area contributed by atoms with Crippen molar-refractivity contribution in [2.24, 2.45) is 11.7 Å². The topological polar surface area (TPSA) is 89.2 Å². The second kappa shape index (κ2) is 7.77. The summed E-state index contributed by atoms with van der Waals surface area (Å²) in [6.45, 7) is 8.51. The van der Waals surface area contributed by atoms with Crippen LogP contribution >= 0.6 is 0 Å². The van der Waals surface area contributed by atoms with E-state index in [1.165, 1.54) is 0 Å². The van der Waals surface area contributed by atoms with Gasteiger partial charge in [-0.3, -0.25) is 0 Å². The molecule has 6 nitrogen and oxygen atoms in total. The van der Waals surface area contributed by atoms with Crippen molar-refractivity contribution in [1.29, 1.82) is 5.26 Å². The minimum atomic E-state index is 0.135. The summed E-state index contributed by atoms with van der Waals surface area (Å²) in [4.78, 5) is 4.52. The van der Waals surface area contributed by atoms with E-state index < -0.39 is 0 Å². The maximum atomic E-state index is 9.59. The van der Waals surface area contributed by atoms with Gasteiger partial charge >= 0.3 is 0 Å². The first kappa shape index (κ1) is 18.9. The number of nitrogens with zero attached hydrogens (tertiary/aromatic N) is 4. The third kappa shape index (κ3) is 4.26. The number of fused-ring (bicyclic) bond motifs is 1. The van der Waals surface area contributed by atoms with Crippen LogP contribution in [0.4, 0.5) is 0 Å². The summed E-state index contributed by atoms with van der Waals surface area (Å²) in [7, 11) is 0. The van der Waals surface area contributed by atoms with Gasteiger partial charge in [-0.05, 0) is 57.4 Å². The van der Waals surface area contributed by atoms with Crippen molar-refractivity contribution in [2.45, 2.75) is 40.2 Å². The van der Waals surface area contributed by atoms with Gasteiger partial charge in [0, 0.05) is 23.4 Å². The highest BCUT2D eigenvalue weighted by Gasteiger charge is 2.13. The van der Waals surface area contributed by atoms with Crippen molar-refractivity contribution in [3.8, 4) is 23.1 Å². The predicted molar refractivity (Wildman–Crippen MR) is 106 cm³/mol. The monoisotopic (exact) mass is 363 g/mol. The smallest absolute Gasteiger partial charge is 0.156 e. The summed E-state index contributed by atoms with van der Waals surface area (Å²) in [6, 6.07) is 11.9. The van der Waals surface area contributed by atoms with Gasteiger partial charge in [0.25, 0.3) is 0 Å². The Labute approximate surface area is 159 Å². The summed E-state index contributed by atoms with van der Waals surface area (Å²) in [6.07, 6.45) is 0.882. The second-order valence-corrected chi connectivity index (χ2v) is 7.29. The van der Waals surface area contributed by atoms with E-state index in [2.05, 4.69) is 23.1 Å². The molecule has 0 radical (unpaired) electrons. The van der Waals surface area contributed by atoms with Gasteiger partial charge in [-0.25, -0.2) is 9.50 Å². The standard InChI is InChI=1S/C21H25N5O/c1-13(7-14(2)23)12-27-20-6-5-17(10-18(20)11-22)19-8-15(3)24-21-9-16(4)25-26(19)21/h5-6,8-10,13-14H,7,12,23H2,1-4H3. The molecule has 140 valence electrons. The highest BCUT2D eigenvalue weighted by atomic mass is 16.5. The van der Waals surface area contributed by atoms with Gasteiger partial charge in [0.05, 0.1) is 23.6 Å². The van der Waals surface area contributed by atoms with E-state index in [0.29, 0.717) is 23.8 Å². The number of benzene rings is 1. The summed E-state index contributed by atoms with van der Waals surface area (Å²) < 4.78 is 7.69. The molecule has 0 aliphatic heterocycles. The van der Waals surface area contributed by atoms with Crippen LogP contribution in [0.1, 0.15) is 37.2 Å². The fourth-order valence-electron chi connectivity index (χ4n) is 3.26. The largest absolute Gasteiger partial charge is 0.492 e. The Kier molecular flexibility index (Phi) is 5.43. The number of aromatic nitrogens is 3. The Bertz CT molecular complexity index is 1000. The van der Waals surface area contributed by atoms with Crippen molar-refractivity contribution in [3.63, 3.8) is 0 Å². The van der Waals surface area contributed by atoms with E-state index in [9.17, 15) is 5.26 Å². The molecule has 0 spiro atoms. The molecule has 2 N–H and O–H groups in total. The van der Waals surface area contributed by atoms with Gasteiger partial charge < -0.3 is 10.5 Å². The molecular weight excluding hydrogens is 338 g/mol. The first-order chi connectivity index (χ1) is 12.9. The van der Waals surface area contributed by atoms with Crippen LogP contribution in [0.2, 0.25) is 0 Å². The zero-order valence-electron chi connectivity index (χ0n) is 16.2. The number of hydrogen-bond donors (Lipinski definition) is 1. The molecule has 0 saturated carbocycles. The Morgan fingerprint density at radius 1 is 1.19 bits per heavy atom. The number of nitrogens with two attached hydrogens (primary N) is 1. The van der Waals surface area contributed by atoms with Gasteiger partial charge in [-0.15, -0.1) is 0 Å². The van der Waals surface area contributed by atoms with Crippen molar-refractivity contribution in [1.82, 2.24) is 14.6 Å². The van der Waals surface area contributed by atoms with Crippen LogP contribution in [0.3, 0.4) is 0 Å². The summed E-state index contributed by atoms with van der Waals surface area (Å²) in [5.74, 6) is 0.919.